The summed E-state index contributed by atoms with van der Waals surface area (Å²) in [7, 11) is 0. The van der Waals surface area contributed by atoms with Crippen LogP contribution in [-0.2, 0) is 20.7 Å². The molecule has 0 aliphatic heterocycles. The Morgan fingerprint density at radius 1 is 1.37 bits per heavy atom. The molecule has 1 aromatic carbocycles. The minimum atomic E-state index is -1.02. The first-order chi connectivity index (χ1) is 8.93. The molecule has 0 radical (unpaired) electrons. The number of ether oxygens (including phenoxy) is 1. The van der Waals surface area contributed by atoms with E-state index >= 15 is 0 Å². The minimum absolute atomic E-state index is 0.249. The average molecular weight is 303 g/mol. The Kier molecular flexibility index (Phi) is 5.86. The second-order valence-electron chi connectivity index (χ2n) is 3.61. The Morgan fingerprint density at radius 2 is 2.05 bits per heavy atom. The summed E-state index contributed by atoms with van der Waals surface area (Å²) in [4.78, 5) is 22.0. The summed E-state index contributed by atoms with van der Waals surface area (Å²) in [5.74, 6) is -1.53. The maximum Gasteiger partial charge on any atom is 0.330 e. The fourth-order valence-electron chi connectivity index (χ4n) is 1.46. The molecular formula is C13H12Cl2O4. The standard InChI is InChI=1S/C13H12Cl2O4/c1-2-19-13(18)4-3-8-5-9(14)6-11(15)10(8)7-12(16)17/h3-6H,2,7H2,1H3,(H,16,17)/b4-3+. The molecule has 6 heteroatoms. The fourth-order valence-corrected chi connectivity index (χ4v) is 2.03. The first kappa shape index (κ1) is 15.5. The zero-order valence-corrected chi connectivity index (χ0v) is 11.7. The molecule has 0 aromatic heterocycles. The van der Waals surface area contributed by atoms with Crippen LogP contribution in [0.25, 0.3) is 6.08 Å². The number of rotatable bonds is 5. The SMILES string of the molecule is CCOC(=O)/C=C/c1cc(Cl)cc(Cl)c1CC(=O)O. The molecule has 1 N–H and O–H groups in total. The Morgan fingerprint density at radius 3 is 2.63 bits per heavy atom. The summed E-state index contributed by atoms with van der Waals surface area (Å²) < 4.78 is 4.74. The number of hydrogen-bond donors (Lipinski definition) is 1. The van der Waals surface area contributed by atoms with Gasteiger partial charge in [0.15, 0.2) is 0 Å². The molecule has 0 bridgehead atoms. The van der Waals surface area contributed by atoms with E-state index in [1.165, 1.54) is 18.2 Å². The molecule has 0 unspecified atom stereocenters. The molecule has 0 amide bonds. The van der Waals surface area contributed by atoms with Gasteiger partial charge >= 0.3 is 11.9 Å². The highest BCUT2D eigenvalue weighted by Crippen LogP contribution is 2.27. The lowest BCUT2D eigenvalue weighted by Gasteiger charge is -2.07. The molecule has 1 rings (SSSR count). The van der Waals surface area contributed by atoms with Gasteiger partial charge < -0.3 is 9.84 Å². The normalized spacial score (nSPS) is 10.7. The lowest BCUT2D eigenvalue weighted by Crippen LogP contribution is -2.03. The minimum Gasteiger partial charge on any atom is -0.481 e. The summed E-state index contributed by atoms with van der Waals surface area (Å²) in [5, 5.41) is 9.45. The van der Waals surface area contributed by atoms with E-state index in [-0.39, 0.29) is 18.1 Å². The van der Waals surface area contributed by atoms with Gasteiger partial charge in [-0.1, -0.05) is 23.2 Å². The molecule has 4 nitrogen and oxygen atoms in total. The number of hydrogen-bond acceptors (Lipinski definition) is 3. The van der Waals surface area contributed by atoms with Crippen molar-refractivity contribution < 1.29 is 19.4 Å². The number of halogens is 2. The number of esters is 1. The van der Waals surface area contributed by atoms with E-state index < -0.39 is 11.9 Å². The summed E-state index contributed by atoms with van der Waals surface area (Å²) in [5.41, 5.74) is 0.882. The highest BCUT2D eigenvalue weighted by molar-refractivity contribution is 6.35. The number of benzene rings is 1. The van der Waals surface area contributed by atoms with Crippen LogP contribution in [0.15, 0.2) is 18.2 Å². The molecule has 19 heavy (non-hydrogen) atoms. The van der Waals surface area contributed by atoms with E-state index in [0.717, 1.165) is 0 Å². The van der Waals surface area contributed by atoms with Gasteiger partial charge in [-0.2, -0.15) is 0 Å². The van der Waals surface area contributed by atoms with Gasteiger partial charge in [0.05, 0.1) is 13.0 Å². The van der Waals surface area contributed by atoms with E-state index in [1.807, 2.05) is 0 Å². The quantitative estimate of drug-likeness (QED) is 0.670. The van der Waals surface area contributed by atoms with Crippen LogP contribution in [0.2, 0.25) is 10.0 Å². The van der Waals surface area contributed by atoms with E-state index in [1.54, 1.807) is 13.0 Å². The summed E-state index contributed by atoms with van der Waals surface area (Å²) >= 11 is 11.8. The Bertz CT molecular complexity index is 524. The topological polar surface area (TPSA) is 63.6 Å². The number of carboxylic acids is 1. The van der Waals surface area contributed by atoms with Crippen molar-refractivity contribution in [3.05, 3.63) is 39.4 Å². The largest absolute Gasteiger partial charge is 0.481 e. The second-order valence-corrected chi connectivity index (χ2v) is 4.45. The lowest BCUT2D eigenvalue weighted by atomic mass is 10.0. The highest BCUT2D eigenvalue weighted by atomic mass is 35.5. The van der Waals surface area contributed by atoms with Crippen LogP contribution in [0, 0.1) is 0 Å². The van der Waals surface area contributed by atoms with Gasteiger partial charge in [0, 0.05) is 16.1 Å². The van der Waals surface area contributed by atoms with Gasteiger partial charge in [0.2, 0.25) is 0 Å². The van der Waals surface area contributed by atoms with E-state index in [9.17, 15) is 9.59 Å². The molecule has 0 atom stereocenters. The predicted molar refractivity (Wildman–Crippen MR) is 73.5 cm³/mol. The van der Waals surface area contributed by atoms with Crippen molar-refractivity contribution in [1.82, 2.24) is 0 Å². The maximum absolute atomic E-state index is 11.2. The summed E-state index contributed by atoms with van der Waals surface area (Å²) in [6, 6.07) is 3.00. The number of aliphatic carboxylic acids is 1. The molecule has 102 valence electrons. The van der Waals surface area contributed by atoms with E-state index in [0.29, 0.717) is 16.1 Å². The van der Waals surface area contributed by atoms with Crippen molar-refractivity contribution in [2.45, 2.75) is 13.3 Å². The third kappa shape index (κ3) is 4.93. The van der Waals surface area contributed by atoms with Gasteiger partial charge in [-0.3, -0.25) is 4.79 Å². The first-order valence-corrected chi connectivity index (χ1v) is 6.24. The molecular weight excluding hydrogens is 291 g/mol. The lowest BCUT2D eigenvalue weighted by molar-refractivity contribution is -0.137. The van der Waals surface area contributed by atoms with E-state index in [4.69, 9.17) is 33.0 Å². The van der Waals surface area contributed by atoms with Crippen molar-refractivity contribution in [3.8, 4) is 0 Å². The van der Waals surface area contributed by atoms with Gasteiger partial charge in [0.25, 0.3) is 0 Å². The van der Waals surface area contributed by atoms with Crippen LogP contribution in [0.1, 0.15) is 18.1 Å². The molecule has 0 heterocycles. The van der Waals surface area contributed by atoms with Crippen molar-refractivity contribution in [2.75, 3.05) is 6.61 Å². The zero-order chi connectivity index (χ0) is 14.4. The van der Waals surface area contributed by atoms with Crippen LogP contribution in [0.4, 0.5) is 0 Å². The Labute approximate surface area is 120 Å². The predicted octanol–water partition coefficient (Wildman–Crippen LogP) is 3.20. The Hall–Kier alpha value is -1.52. The van der Waals surface area contributed by atoms with E-state index in [2.05, 4.69) is 0 Å². The molecule has 1 aromatic rings. The first-order valence-electron chi connectivity index (χ1n) is 5.48. The van der Waals surface area contributed by atoms with Gasteiger partial charge in [-0.15, -0.1) is 0 Å². The molecule has 0 aliphatic rings. The maximum atomic E-state index is 11.2. The molecule has 0 aliphatic carbocycles. The number of carbonyl (C=O) groups is 2. The van der Waals surface area contributed by atoms with Crippen molar-refractivity contribution in [2.24, 2.45) is 0 Å². The molecule has 0 saturated carbocycles. The van der Waals surface area contributed by atoms with Crippen LogP contribution >= 0.6 is 23.2 Å². The molecule has 0 fully saturated rings. The fraction of sp³-hybridized carbons (Fsp3) is 0.231. The summed E-state index contributed by atoms with van der Waals surface area (Å²) in [6.45, 7) is 1.96. The zero-order valence-electron chi connectivity index (χ0n) is 10.2. The highest BCUT2D eigenvalue weighted by Gasteiger charge is 2.11. The van der Waals surface area contributed by atoms with Gasteiger partial charge in [0.1, 0.15) is 0 Å². The number of carboxylic acid groups (broad SMARTS) is 1. The van der Waals surface area contributed by atoms with Gasteiger partial charge in [-0.25, -0.2) is 4.79 Å². The summed E-state index contributed by atoms with van der Waals surface area (Å²) in [6.07, 6.45) is 2.39. The monoisotopic (exact) mass is 302 g/mol. The van der Waals surface area contributed by atoms with Crippen LogP contribution < -0.4 is 0 Å². The second kappa shape index (κ2) is 7.16. The Balaban J connectivity index is 3.10. The van der Waals surface area contributed by atoms with Crippen molar-refractivity contribution >= 4 is 41.2 Å². The van der Waals surface area contributed by atoms with Crippen molar-refractivity contribution in [1.29, 1.82) is 0 Å². The average Bonchev–Trinajstić information content (AvgIpc) is 2.30. The smallest absolute Gasteiger partial charge is 0.330 e. The van der Waals surface area contributed by atoms with Gasteiger partial charge in [-0.05, 0) is 36.3 Å². The molecule has 0 saturated heterocycles. The molecule has 0 spiro atoms. The van der Waals surface area contributed by atoms with Crippen LogP contribution in [-0.4, -0.2) is 23.7 Å². The van der Waals surface area contributed by atoms with Crippen molar-refractivity contribution in [3.63, 3.8) is 0 Å². The number of carbonyl (C=O) groups excluding carboxylic acids is 1. The van der Waals surface area contributed by atoms with Crippen LogP contribution in [0.3, 0.4) is 0 Å². The van der Waals surface area contributed by atoms with Crippen LogP contribution in [0.5, 0.6) is 0 Å². The third-order valence-corrected chi connectivity index (χ3v) is 2.76. The third-order valence-electron chi connectivity index (χ3n) is 2.21.